The summed E-state index contributed by atoms with van der Waals surface area (Å²) in [6.07, 6.45) is 4.13. The molecule has 0 N–H and O–H groups in total. The van der Waals surface area contributed by atoms with Crippen LogP contribution in [0.25, 0.3) is 21.9 Å². The Labute approximate surface area is 186 Å². The number of benzene rings is 3. The van der Waals surface area contributed by atoms with Crippen molar-refractivity contribution in [3.8, 4) is 16.9 Å². The Balaban J connectivity index is 1.48. The zero-order chi connectivity index (χ0) is 22.7. The first kappa shape index (κ1) is 22.6. The topological polar surface area (TPSA) is 9.23 Å². The molecule has 170 valence electrons. The lowest BCUT2D eigenvalue weighted by Crippen LogP contribution is -2.17. The second-order valence-corrected chi connectivity index (χ2v) is 8.84. The maximum absolute atomic E-state index is 14.5. The van der Waals surface area contributed by atoms with E-state index >= 15 is 0 Å². The Morgan fingerprint density at radius 2 is 1.56 bits per heavy atom. The predicted octanol–water partition coefficient (Wildman–Crippen LogP) is 9.01. The van der Waals surface area contributed by atoms with E-state index in [1.165, 1.54) is 62.6 Å². The largest absolute Gasteiger partial charge is 0.573 e. The van der Waals surface area contributed by atoms with Gasteiger partial charge in [-0.3, -0.25) is 0 Å². The lowest BCUT2D eigenvalue weighted by molar-refractivity contribution is -0.275. The van der Waals surface area contributed by atoms with Crippen LogP contribution < -0.4 is 4.74 Å². The average Bonchev–Trinajstić information content (AvgIpc) is 2.79. The first-order chi connectivity index (χ1) is 15.3. The molecule has 0 heterocycles. The van der Waals surface area contributed by atoms with Crippen molar-refractivity contribution in [2.75, 3.05) is 0 Å². The Morgan fingerprint density at radius 3 is 2.22 bits per heavy atom. The standard InChI is InChI=1S/C27H28F4O/c1-2-3-4-18-5-7-19(8-6-18)20-9-11-21(12-10-20)22-13-15-24-23(17-22)14-16-25(26(24)28)32-27(29,30)31/h9-19H,2-8H2,1H3. The van der Waals surface area contributed by atoms with Crippen molar-refractivity contribution < 1.29 is 22.3 Å². The zero-order valence-electron chi connectivity index (χ0n) is 18.2. The van der Waals surface area contributed by atoms with E-state index in [9.17, 15) is 17.6 Å². The second kappa shape index (κ2) is 9.51. The molecule has 1 fully saturated rings. The maximum Gasteiger partial charge on any atom is 0.573 e. The molecule has 1 aliphatic carbocycles. The predicted molar refractivity (Wildman–Crippen MR) is 120 cm³/mol. The molecule has 1 nitrogen and oxygen atoms in total. The Hall–Kier alpha value is -2.56. The molecule has 4 rings (SSSR count). The van der Waals surface area contributed by atoms with Gasteiger partial charge in [0.05, 0.1) is 0 Å². The number of halogens is 4. The maximum atomic E-state index is 14.5. The van der Waals surface area contributed by atoms with Crippen molar-refractivity contribution in [2.45, 2.75) is 64.1 Å². The minimum absolute atomic E-state index is 0.104. The summed E-state index contributed by atoms with van der Waals surface area (Å²) in [5.74, 6) is -0.326. The van der Waals surface area contributed by atoms with Crippen molar-refractivity contribution >= 4 is 10.8 Å². The average molecular weight is 445 g/mol. The summed E-state index contributed by atoms with van der Waals surface area (Å²) < 4.78 is 55.6. The highest BCUT2D eigenvalue weighted by molar-refractivity contribution is 5.89. The minimum Gasteiger partial charge on any atom is -0.403 e. The summed E-state index contributed by atoms with van der Waals surface area (Å²) in [7, 11) is 0. The molecule has 0 amide bonds. The molecule has 1 aliphatic rings. The number of hydrogen-bond acceptors (Lipinski definition) is 1. The summed E-state index contributed by atoms with van der Waals surface area (Å²) >= 11 is 0. The lowest BCUT2D eigenvalue weighted by atomic mass is 9.77. The van der Waals surface area contributed by atoms with E-state index in [-0.39, 0.29) is 5.39 Å². The van der Waals surface area contributed by atoms with Crippen LogP contribution in [0.2, 0.25) is 0 Å². The van der Waals surface area contributed by atoms with Crippen molar-refractivity contribution in [2.24, 2.45) is 5.92 Å². The summed E-state index contributed by atoms with van der Waals surface area (Å²) in [6.45, 7) is 2.25. The number of fused-ring (bicyclic) bond motifs is 1. The molecule has 0 unspecified atom stereocenters. The molecule has 1 saturated carbocycles. The fraction of sp³-hybridized carbons (Fsp3) is 0.407. The van der Waals surface area contributed by atoms with Gasteiger partial charge < -0.3 is 4.74 Å². The van der Waals surface area contributed by atoms with E-state index in [0.717, 1.165) is 23.1 Å². The molecule has 0 aromatic heterocycles. The van der Waals surface area contributed by atoms with Crippen LogP contribution in [0.4, 0.5) is 17.6 Å². The van der Waals surface area contributed by atoms with E-state index in [1.54, 1.807) is 12.1 Å². The van der Waals surface area contributed by atoms with Gasteiger partial charge in [0.1, 0.15) is 0 Å². The van der Waals surface area contributed by atoms with E-state index in [4.69, 9.17) is 0 Å². The summed E-state index contributed by atoms with van der Waals surface area (Å²) in [5, 5.41) is 0.635. The van der Waals surface area contributed by atoms with E-state index in [0.29, 0.717) is 11.3 Å². The third kappa shape index (κ3) is 5.25. The minimum atomic E-state index is -4.93. The number of ether oxygens (including phenoxy) is 1. The van der Waals surface area contributed by atoms with Crippen molar-refractivity contribution in [1.29, 1.82) is 0 Å². The fourth-order valence-corrected chi connectivity index (χ4v) is 4.88. The summed E-state index contributed by atoms with van der Waals surface area (Å²) in [5.41, 5.74) is 3.27. The number of rotatable bonds is 6. The van der Waals surface area contributed by atoms with Crippen LogP contribution in [0.5, 0.6) is 5.75 Å². The second-order valence-electron chi connectivity index (χ2n) is 8.84. The smallest absolute Gasteiger partial charge is 0.403 e. The van der Waals surface area contributed by atoms with Gasteiger partial charge in [-0.15, -0.1) is 13.2 Å². The van der Waals surface area contributed by atoms with Gasteiger partial charge in [0.25, 0.3) is 0 Å². The number of alkyl halides is 3. The van der Waals surface area contributed by atoms with Gasteiger partial charge in [0.15, 0.2) is 11.6 Å². The van der Waals surface area contributed by atoms with Gasteiger partial charge in [-0.25, -0.2) is 4.39 Å². The zero-order valence-corrected chi connectivity index (χ0v) is 18.2. The number of unbranched alkanes of at least 4 members (excludes halogenated alkanes) is 1. The van der Waals surface area contributed by atoms with Gasteiger partial charge in [0, 0.05) is 5.39 Å². The first-order valence-electron chi connectivity index (χ1n) is 11.4. The van der Waals surface area contributed by atoms with Crippen molar-refractivity contribution in [3.63, 3.8) is 0 Å². The molecule has 0 bridgehead atoms. The van der Waals surface area contributed by atoms with Crippen LogP contribution >= 0.6 is 0 Å². The molecule has 0 aliphatic heterocycles. The summed E-state index contributed by atoms with van der Waals surface area (Å²) in [4.78, 5) is 0. The molecule has 0 saturated heterocycles. The van der Waals surface area contributed by atoms with E-state index in [1.807, 2.05) is 0 Å². The molecule has 0 radical (unpaired) electrons. The third-order valence-corrected chi connectivity index (χ3v) is 6.67. The van der Waals surface area contributed by atoms with Crippen LogP contribution in [-0.4, -0.2) is 6.36 Å². The SMILES string of the molecule is CCCCC1CCC(c2ccc(-c3ccc4c(F)c(OC(F)(F)F)ccc4c3)cc2)CC1. The summed E-state index contributed by atoms with van der Waals surface area (Å²) in [6, 6.07) is 16.0. The molecule has 5 heteroatoms. The Bertz CT molecular complexity index is 1050. The van der Waals surface area contributed by atoms with Gasteiger partial charge in [0.2, 0.25) is 0 Å². The van der Waals surface area contributed by atoms with Crippen LogP contribution in [0.3, 0.4) is 0 Å². The highest BCUT2D eigenvalue weighted by atomic mass is 19.4. The Kier molecular flexibility index (Phi) is 6.73. The van der Waals surface area contributed by atoms with Gasteiger partial charge in [-0.2, -0.15) is 0 Å². The van der Waals surface area contributed by atoms with Crippen LogP contribution in [0.15, 0.2) is 54.6 Å². The lowest BCUT2D eigenvalue weighted by Gasteiger charge is -2.29. The van der Waals surface area contributed by atoms with E-state index in [2.05, 4.69) is 35.9 Å². The van der Waals surface area contributed by atoms with Gasteiger partial charge in [-0.05, 0) is 71.7 Å². The third-order valence-electron chi connectivity index (χ3n) is 6.67. The van der Waals surface area contributed by atoms with Gasteiger partial charge >= 0.3 is 6.36 Å². The highest BCUT2D eigenvalue weighted by Crippen LogP contribution is 2.38. The first-order valence-corrected chi connectivity index (χ1v) is 11.4. The molecule has 3 aromatic rings. The van der Waals surface area contributed by atoms with Crippen LogP contribution in [0, 0.1) is 11.7 Å². The number of hydrogen-bond donors (Lipinski definition) is 0. The van der Waals surface area contributed by atoms with Gasteiger partial charge in [-0.1, -0.05) is 68.7 Å². The quantitative estimate of drug-likeness (QED) is 0.345. The molecular weight excluding hydrogens is 416 g/mol. The van der Waals surface area contributed by atoms with Crippen LogP contribution in [-0.2, 0) is 0 Å². The Morgan fingerprint density at radius 1 is 0.875 bits per heavy atom. The molecule has 32 heavy (non-hydrogen) atoms. The molecule has 0 spiro atoms. The monoisotopic (exact) mass is 444 g/mol. The highest BCUT2D eigenvalue weighted by Gasteiger charge is 2.32. The molecule has 0 atom stereocenters. The van der Waals surface area contributed by atoms with Crippen LogP contribution in [0.1, 0.15) is 63.4 Å². The molecular formula is C27H28F4O. The van der Waals surface area contributed by atoms with Crippen molar-refractivity contribution in [1.82, 2.24) is 0 Å². The molecule has 3 aromatic carbocycles. The fourth-order valence-electron chi connectivity index (χ4n) is 4.88. The van der Waals surface area contributed by atoms with E-state index < -0.39 is 17.9 Å². The normalized spacial score (nSPS) is 19.3. The van der Waals surface area contributed by atoms with Crippen molar-refractivity contribution in [3.05, 3.63) is 66.0 Å².